The summed E-state index contributed by atoms with van der Waals surface area (Å²) in [7, 11) is 1.36. The first-order chi connectivity index (χ1) is 9.13. The number of anilines is 1. The number of ether oxygens (including phenoxy) is 1. The highest BCUT2D eigenvalue weighted by Gasteiger charge is 2.25. The van der Waals surface area contributed by atoms with E-state index in [2.05, 4.69) is 30.9 Å². The minimum Gasteiger partial charge on any atom is -0.453 e. The first-order valence-corrected chi connectivity index (χ1v) is 6.77. The van der Waals surface area contributed by atoms with Gasteiger partial charge in [0.25, 0.3) is 0 Å². The summed E-state index contributed by atoms with van der Waals surface area (Å²) in [6, 6.07) is 5.58. The molecular formula is C13H15BrN2O3. The predicted molar refractivity (Wildman–Crippen MR) is 75.7 cm³/mol. The molecule has 0 radical (unpaired) electrons. The highest BCUT2D eigenvalue weighted by molar-refractivity contribution is 9.10. The van der Waals surface area contributed by atoms with Crippen molar-refractivity contribution in [1.29, 1.82) is 0 Å². The molecule has 1 saturated heterocycles. The molecule has 1 atom stereocenters. The Morgan fingerprint density at radius 1 is 1.58 bits per heavy atom. The number of alkyl carbamates (subject to hydrolysis) is 1. The number of aldehydes is 1. The van der Waals surface area contributed by atoms with Crippen LogP contribution in [0.5, 0.6) is 0 Å². The van der Waals surface area contributed by atoms with E-state index in [1.807, 2.05) is 6.07 Å². The molecule has 1 aromatic rings. The van der Waals surface area contributed by atoms with E-state index < -0.39 is 6.09 Å². The molecule has 5 nitrogen and oxygen atoms in total. The van der Waals surface area contributed by atoms with Gasteiger partial charge in [-0.3, -0.25) is 4.79 Å². The lowest BCUT2D eigenvalue weighted by atomic mass is 10.2. The second kappa shape index (κ2) is 6.06. The number of halogens is 1. The monoisotopic (exact) mass is 326 g/mol. The molecule has 1 fully saturated rings. The largest absolute Gasteiger partial charge is 0.453 e. The van der Waals surface area contributed by atoms with Crippen LogP contribution in [0.4, 0.5) is 10.5 Å². The molecule has 1 heterocycles. The minimum absolute atomic E-state index is 0.0881. The maximum absolute atomic E-state index is 11.2. The Hall–Kier alpha value is -1.56. The number of amides is 1. The SMILES string of the molecule is COC(=O)NC1CCN(c2ccc(C=O)cc2Br)C1. The standard InChI is InChI=1S/C13H15BrN2O3/c1-19-13(18)15-10-4-5-16(7-10)12-3-2-9(8-17)6-11(12)14/h2-3,6,8,10H,4-5,7H2,1H3,(H,15,18). The van der Waals surface area contributed by atoms with Gasteiger partial charge in [0.2, 0.25) is 0 Å². The average Bonchev–Trinajstić information content (AvgIpc) is 2.86. The first-order valence-electron chi connectivity index (χ1n) is 5.98. The van der Waals surface area contributed by atoms with Crippen molar-refractivity contribution in [2.24, 2.45) is 0 Å². The number of carbonyl (C=O) groups excluding carboxylic acids is 2. The summed E-state index contributed by atoms with van der Waals surface area (Å²) in [5.41, 5.74) is 1.67. The fraction of sp³-hybridized carbons (Fsp3) is 0.385. The molecule has 2 rings (SSSR count). The second-order valence-electron chi connectivity index (χ2n) is 4.40. The molecule has 0 saturated carbocycles. The van der Waals surface area contributed by atoms with Gasteiger partial charge in [-0.05, 0) is 40.5 Å². The summed E-state index contributed by atoms with van der Waals surface area (Å²) in [6.07, 6.45) is 1.29. The summed E-state index contributed by atoms with van der Waals surface area (Å²) < 4.78 is 5.48. The fourth-order valence-electron chi connectivity index (χ4n) is 2.18. The molecule has 0 bridgehead atoms. The van der Waals surface area contributed by atoms with Crippen molar-refractivity contribution in [3.63, 3.8) is 0 Å². The molecule has 1 N–H and O–H groups in total. The Labute approximate surface area is 120 Å². The zero-order valence-electron chi connectivity index (χ0n) is 10.6. The van der Waals surface area contributed by atoms with Crippen LogP contribution in [-0.2, 0) is 4.74 Å². The predicted octanol–water partition coefficient (Wildman–Crippen LogP) is 2.20. The number of carbonyl (C=O) groups is 2. The first kappa shape index (κ1) is 13.9. The van der Waals surface area contributed by atoms with Gasteiger partial charge >= 0.3 is 6.09 Å². The molecular weight excluding hydrogens is 312 g/mol. The van der Waals surface area contributed by atoms with Crippen LogP contribution >= 0.6 is 15.9 Å². The third kappa shape index (κ3) is 3.26. The van der Waals surface area contributed by atoms with Gasteiger partial charge in [0.05, 0.1) is 18.8 Å². The van der Waals surface area contributed by atoms with Crippen molar-refractivity contribution in [2.45, 2.75) is 12.5 Å². The third-order valence-corrected chi connectivity index (χ3v) is 3.78. The van der Waals surface area contributed by atoms with Crippen molar-refractivity contribution in [1.82, 2.24) is 5.32 Å². The Kier molecular flexibility index (Phi) is 4.42. The van der Waals surface area contributed by atoms with Crippen LogP contribution in [0.2, 0.25) is 0 Å². The minimum atomic E-state index is -0.401. The number of nitrogens with one attached hydrogen (secondary N) is 1. The van der Waals surface area contributed by atoms with E-state index in [0.29, 0.717) is 5.56 Å². The van der Waals surface area contributed by atoms with Crippen molar-refractivity contribution < 1.29 is 14.3 Å². The van der Waals surface area contributed by atoms with Gasteiger partial charge in [-0.15, -0.1) is 0 Å². The van der Waals surface area contributed by atoms with Crippen LogP contribution in [0.15, 0.2) is 22.7 Å². The smallest absolute Gasteiger partial charge is 0.407 e. The highest BCUT2D eigenvalue weighted by atomic mass is 79.9. The highest BCUT2D eigenvalue weighted by Crippen LogP contribution is 2.29. The van der Waals surface area contributed by atoms with Crippen molar-refractivity contribution in [3.8, 4) is 0 Å². The Bertz CT molecular complexity index is 493. The second-order valence-corrected chi connectivity index (χ2v) is 5.25. The quantitative estimate of drug-likeness (QED) is 0.865. The summed E-state index contributed by atoms with van der Waals surface area (Å²) >= 11 is 3.47. The van der Waals surface area contributed by atoms with E-state index in [0.717, 1.165) is 36.0 Å². The molecule has 102 valence electrons. The van der Waals surface area contributed by atoms with Crippen LogP contribution < -0.4 is 10.2 Å². The van der Waals surface area contributed by atoms with Crippen LogP contribution in [0.25, 0.3) is 0 Å². The average molecular weight is 327 g/mol. The van der Waals surface area contributed by atoms with Gasteiger partial charge < -0.3 is 15.0 Å². The number of hydrogen-bond donors (Lipinski definition) is 1. The van der Waals surface area contributed by atoms with E-state index in [-0.39, 0.29) is 6.04 Å². The topological polar surface area (TPSA) is 58.6 Å². The normalized spacial score (nSPS) is 18.2. The van der Waals surface area contributed by atoms with Gasteiger partial charge in [-0.25, -0.2) is 4.79 Å². The van der Waals surface area contributed by atoms with Gasteiger partial charge in [-0.2, -0.15) is 0 Å². The number of nitrogens with zero attached hydrogens (tertiary/aromatic N) is 1. The van der Waals surface area contributed by atoms with Gasteiger partial charge in [0.15, 0.2) is 0 Å². The van der Waals surface area contributed by atoms with E-state index in [9.17, 15) is 9.59 Å². The van der Waals surface area contributed by atoms with E-state index in [1.54, 1.807) is 12.1 Å². The third-order valence-electron chi connectivity index (χ3n) is 3.14. The van der Waals surface area contributed by atoms with Crippen LogP contribution in [0.3, 0.4) is 0 Å². The van der Waals surface area contributed by atoms with Crippen LogP contribution in [0.1, 0.15) is 16.8 Å². The Morgan fingerprint density at radius 2 is 2.37 bits per heavy atom. The molecule has 0 aromatic heterocycles. The fourth-order valence-corrected chi connectivity index (χ4v) is 2.82. The van der Waals surface area contributed by atoms with Crippen molar-refractivity contribution in [2.75, 3.05) is 25.1 Å². The number of hydrogen-bond acceptors (Lipinski definition) is 4. The number of methoxy groups -OCH3 is 1. The molecule has 1 amide bonds. The molecule has 0 spiro atoms. The lowest BCUT2D eigenvalue weighted by Gasteiger charge is -2.20. The van der Waals surface area contributed by atoms with E-state index in [1.165, 1.54) is 7.11 Å². The number of benzene rings is 1. The lowest BCUT2D eigenvalue weighted by Crippen LogP contribution is -2.37. The summed E-state index contributed by atoms with van der Waals surface area (Å²) in [5, 5.41) is 2.80. The molecule has 19 heavy (non-hydrogen) atoms. The maximum atomic E-state index is 11.2. The lowest BCUT2D eigenvalue weighted by molar-refractivity contribution is 0.112. The molecule has 6 heteroatoms. The summed E-state index contributed by atoms with van der Waals surface area (Å²) in [5.74, 6) is 0. The van der Waals surface area contributed by atoms with Crippen molar-refractivity contribution in [3.05, 3.63) is 28.2 Å². The summed E-state index contributed by atoms with van der Waals surface area (Å²) in [4.78, 5) is 24.0. The molecule has 0 aliphatic carbocycles. The maximum Gasteiger partial charge on any atom is 0.407 e. The van der Waals surface area contributed by atoms with E-state index >= 15 is 0 Å². The molecule has 1 unspecified atom stereocenters. The number of rotatable bonds is 3. The van der Waals surface area contributed by atoms with Gasteiger partial charge in [-0.1, -0.05) is 0 Å². The van der Waals surface area contributed by atoms with Crippen LogP contribution in [-0.4, -0.2) is 38.6 Å². The Balaban J connectivity index is 2.04. The molecule has 1 aliphatic rings. The zero-order chi connectivity index (χ0) is 13.8. The zero-order valence-corrected chi connectivity index (χ0v) is 12.1. The van der Waals surface area contributed by atoms with Crippen LogP contribution in [0, 0.1) is 0 Å². The molecule has 1 aliphatic heterocycles. The summed E-state index contributed by atoms with van der Waals surface area (Å²) in [6.45, 7) is 1.59. The Morgan fingerprint density at radius 3 is 3.00 bits per heavy atom. The van der Waals surface area contributed by atoms with E-state index in [4.69, 9.17) is 0 Å². The molecule has 1 aromatic carbocycles. The van der Waals surface area contributed by atoms with Gasteiger partial charge in [0.1, 0.15) is 6.29 Å². The van der Waals surface area contributed by atoms with Gasteiger partial charge in [0, 0.05) is 23.1 Å². The van der Waals surface area contributed by atoms with Crippen molar-refractivity contribution >= 4 is 34.0 Å².